The van der Waals surface area contributed by atoms with Crippen LogP contribution in [0.25, 0.3) is 0 Å². The lowest BCUT2D eigenvalue weighted by atomic mass is 10.1. The Morgan fingerprint density at radius 1 is 1.04 bits per heavy atom. The van der Waals surface area contributed by atoms with Gasteiger partial charge >= 0.3 is 6.18 Å². The Labute approximate surface area is 145 Å². The molecule has 0 aromatic heterocycles. The Balaban J connectivity index is 2.37. The summed E-state index contributed by atoms with van der Waals surface area (Å²) in [6.45, 7) is 1.76. The molecule has 2 aromatic carbocycles. The van der Waals surface area contributed by atoms with Gasteiger partial charge < -0.3 is 0 Å². The largest absolute Gasteiger partial charge is 0.435 e. The van der Waals surface area contributed by atoms with E-state index in [0.29, 0.717) is 4.47 Å². The van der Waals surface area contributed by atoms with Crippen LogP contribution in [0.5, 0.6) is 0 Å². The molecule has 0 unspecified atom stereocenters. The van der Waals surface area contributed by atoms with Crippen molar-refractivity contribution in [2.45, 2.75) is 18.0 Å². The first kappa shape index (κ1) is 18.5. The van der Waals surface area contributed by atoms with Crippen molar-refractivity contribution in [2.24, 2.45) is 5.10 Å². The maximum atomic E-state index is 13.2. The zero-order valence-electron chi connectivity index (χ0n) is 12.3. The summed E-state index contributed by atoms with van der Waals surface area (Å²) >= 11 is 3.12. The van der Waals surface area contributed by atoms with Gasteiger partial charge in [-0.05, 0) is 31.2 Å². The van der Waals surface area contributed by atoms with Crippen molar-refractivity contribution in [3.05, 3.63) is 64.1 Å². The number of sulfonamides is 1. The van der Waals surface area contributed by atoms with E-state index in [-0.39, 0.29) is 10.5 Å². The van der Waals surface area contributed by atoms with Crippen LogP contribution in [0.1, 0.15) is 11.1 Å². The zero-order chi connectivity index (χ0) is 18.0. The van der Waals surface area contributed by atoms with Gasteiger partial charge in [-0.25, -0.2) is 0 Å². The predicted molar refractivity (Wildman–Crippen MR) is 88.2 cm³/mol. The van der Waals surface area contributed by atoms with Crippen molar-refractivity contribution in [1.82, 2.24) is 4.83 Å². The molecule has 0 spiro atoms. The summed E-state index contributed by atoms with van der Waals surface area (Å²) in [6.07, 6.45) is -4.82. The van der Waals surface area contributed by atoms with Gasteiger partial charge in [0.1, 0.15) is 0 Å². The minimum absolute atomic E-state index is 0.172. The van der Waals surface area contributed by atoms with Crippen LogP contribution in [0.3, 0.4) is 0 Å². The van der Waals surface area contributed by atoms with Gasteiger partial charge in [0.2, 0.25) is 0 Å². The van der Waals surface area contributed by atoms with E-state index in [1.807, 2.05) is 0 Å². The fourth-order valence-corrected chi connectivity index (χ4v) is 2.85. The van der Waals surface area contributed by atoms with Crippen LogP contribution in [0.15, 0.2) is 63.0 Å². The minimum atomic E-state index is -4.82. The number of alkyl halides is 3. The highest BCUT2D eigenvalue weighted by atomic mass is 79.9. The lowest BCUT2D eigenvalue weighted by molar-refractivity contribution is -0.0583. The summed E-state index contributed by atoms with van der Waals surface area (Å²) in [5, 5.41) is 3.10. The third-order valence-electron chi connectivity index (χ3n) is 3.00. The molecule has 128 valence electrons. The van der Waals surface area contributed by atoms with Gasteiger partial charge in [0.05, 0.1) is 4.90 Å². The summed E-state index contributed by atoms with van der Waals surface area (Å²) in [7, 11) is -4.20. The van der Waals surface area contributed by atoms with E-state index in [4.69, 9.17) is 0 Å². The van der Waals surface area contributed by atoms with Crippen LogP contribution < -0.4 is 4.83 Å². The van der Waals surface area contributed by atoms with Crippen molar-refractivity contribution in [1.29, 1.82) is 0 Å². The van der Waals surface area contributed by atoms with Crippen molar-refractivity contribution < 1.29 is 21.6 Å². The van der Waals surface area contributed by atoms with Gasteiger partial charge in [-0.15, -0.1) is 0 Å². The highest BCUT2D eigenvalue weighted by Gasteiger charge is 2.37. The zero-order valence-corrected chi connectivity index (χ0v) is 14.7. The van der Waals surface area contributed by atoms with Crippen LogP contribution in [0.2, 0.25) is 0 Å². The van der Waals surface area contributed by atoms with Crippen molar-refractivity contribution in [3.8, 4) is 0 Å². The molecule has 1 N–H and O–H groups in total. The summed E-state index contributed by atoms with van der Waals surface area (Å²) in [5.74, 6) is 0. The first-order chi connectivity index (χ1) is 11.1. The second kappa shape index (κ2) is 6.94. The SMILES string of the molecule is Cc1ccc(S(=O)(=O)N/N=C(\c2ccc(Br)cc2)C(F)(F)F)cc1. The van der Waals surface area contributed by atoms with E-state index < -0.39 is 21.9 Å². The molecule has 0 atom stereocenters. The van der Waals surface area contributed by atoms with Gasteiger partial charge in [-0.1, -0.05) is 45.8 Å². The maximum absolute atomic E-state index is 13.2. The Hall–Kier alpha value is -1.87. The fraction of sp³-hybridized carbons (Fsp3) is 0.133. The summed E-state index contributed by atoms with van der Waals surface area (Å²) in [4.78, 5) is 1.47. The lowest BCUT2D eigenvalue weighted by Gasteiger charge is -2.12. The number of aryl methyl sites for hydroxylation is 1. The first-order valence-corrected chi connectivity index (χ1v) is 8.86. The van der Waals surface area contributed by atoms with Gasteiger partial charge in [-0.2, -0.15) is 31.5 Å². The molecule has 4 nitrogen and oxygen atoms in total. The topological polar surface area (TPSA) is 58.5 Å². The quantitative estimate of drug-likeness (QED) is 0.600. The number of nitrogens with one attached hydrogen (secondary N) is 1. The lowest BCUT2D eigenvalue weighted by Crippen LogP contribution is -2.29. The van der Waals surface area contributed by atoms with E-state index in [0.717, 1.165) is 5.56 Å². The molecule has 0 heterocycles. The molecule has 9 heteroatoms. The van der Waals surface area contributed by atoms with E-state index in [9.17, 15) is 21.6 Å². The van der Waals surface area contributed by atoms with Crippen LogP contribution in [0.4, 0.5) is 13.2 Å². The van der Waals surface area contributed by atoms with Gasteiger partial charge in [-0.3, -0.25) is 0 Å². The number of nitrogens with zero attached hydrogens (tertiary/aromatic N) is 1. The first-order valence-electron chi connectivity index (χ1n) is 6.59. The predicted octanol–water partition coefficient (Wildman–Crippen LogP) is 4.00. The van der Waals surface area contributed by atoms with E-state index in [1.165, 1.54) is 48.5 Å². The highest BCUT2D eigenvalue weighted by Crippen LogP contribution is 2.24. The number of hydrazone groups is 1. The number of hydrogen-bond acceptors (Lipinski definition) is 3. The smallest absolute Gasteiger partial charge is 0.200 e. The molecule has 0 fully saturated rings. The third kappa shape index (κ3) is 4.57. The van der Waals surface area contributed by atoms with Crippen LogP contribution in [-0.4, -0.2) is 20.3 Å². The van der Waals surface area contributed by atoms with Gasteiger partial charge in [0.15, 0.2) is 5.71 Å². The fourth-order valence-electron chi connectivity index (χ4n) is 1.78. The Morgan fingerprint density at radius 2 is 1.58 bits per heavy atom. The molecule has 0 radical (unpaired) electrons. The molecule has 24 heavy (non-hydrogen) atoms. The van der Waals surface area contributed by atoms with Crippen LogP contribution in [0, 0.1) is 6.92 Å². The molecular weight excluding hydrogens is 409 g/mol. The van der Waals surface area contributed by atoms with Crippen molar-refractivity contribution in [2.75, 3.05) is 0 Å². The summed E-state index contributed by atoms with van der Waals surface area (Å²) < 4.78 is 64.2. The number of halogens is 4. The maximum Gasteiger partial charge on any atom is 0.435 e. The minimum Gasteiger partial charge on any atom is -0.200 e. The third-order valence-corrected chi connectivity index (χ3v) is 4.75. The summed E-state index contributed by atoms with van der Waals surface area (Å²) in [5.41, 5.74) is -0.758. The monoisotopic (exact) mass is 420 g/mol. The molecule has 0 aliphatic rings. The van der Waals surface area contributed by atoms with Crippen molar-refractivity contribution in [3.63, 3.8) is 0 Å². The summed E-state index contributed by atoms with van der Waals surface area (Å²) in [6, 6.07) is 10.9. The molecule has 2 aromatic rings. The second-order valence-corrected chi connectivity index (χ2v) is 7.45. The molecule has 0 saturated carbocycles. The number of hydrogen-bond donors (Lipinski definition) is 1. The molecule has 0 aliphatic carbocycles. The Bertz CT molecular complexity index is 846. The molecule has 0 bridgehead atoms. The standard InChI is InChI=1S/C15H12BrF3N2O2S/c1-10-2-8-13(9-3-10)24(22,23)21-20-14(15(17,18)19)11-4-6-12(16)7-5-11/h2-9,21H,1H3/b20-14+. The van der Waals surface area contributed by atoms with E-state index in [1.54, 1.807) is 11.8 Å². The Kier molecular flexibility index (Phi) is 5.34. The molecule has 0 saturated heterocycles. The molecule has 0 amide bonds. The average molecular weight is 421 g/mol. The molecule has 0 aliphatic heterocycles. The van der Waals surface area contributed by atoms with Crippen LogP contribution >= 0.6 is 15.9 Å². The van der Waals surface area contributed by atoms with Crippen molar-refractivity contribution >= 4 is 31.7 Å². The second-order valence-electron chi connectivity index (χ2n) is 4.87. The molecule has 2 rings (SSSR count). The highest BCUT2D eigenvalue weighted by molar-refractivity contribution is 9.10. The van der Waals surface area contributed by atoms with Gasteiger partial charge in [0.25, 0.3) is 10.0 Å². The normalized spacial score (nSPS) is 13.0. The average Bonchev–Trinajstić information content (AvgIpc) is 2.48. The molecular formula is C15H12BrF3N2O2S. The Morgan fingerprint density at radius 3 is 2.08 bits per heavy atom. The van der Waals surface area contributed by atoms with E-state index >= 15 is 0 Å². The number of rotatable bonds is 4. The van der Waals surface area contributed by atoms with Crippen LogP contribution in [-0.2, 0) is 10.0 Å². The van der Waals surface area contributed by atoms with Gasteiger partial charge in [0, 0.05) is 10.0 Å². The number of benzene rings is 2. The van der Waals surface area contributed by atoms with E-state index in [2.05, 4.69) is 21.0 Å².